The van der Waals surface area contributed by atoms with Crippen LogP contribution in [0.25, 0.3) is 0 Å². The van der Waals surface area contributed by atoms with E-state index in [1.54, 1.807) is 0 Å². The number of likely N-dealkylation sites (N-methyl/N-ethyl adjacent to an activating group) is 1. The minimum absolute atomic E-state index is 0.268. The highest BCUT2D eigenvalue weighted by Crippen LogP contribution is 2.38. The molecule has 3 aliphatic heterocycles. The zero-order valence-electron chi connectivity index (χ0n) is 18.8. The maximum Gasteiger partial charge on any atom is 0.234 e. The number of amidine groups is 1. The van der Waals surface area contributed by atoms with Gasteiger partial charge in [0.2, 0.25) is 24.6 Å². The third-order valence-electron chi connectivity index (χ3n) is 6.39. The van der Waals surface area contributed by atoms with Gasteiger partial charge >= 0.3 is 0 Å². The molecule has 10 nitrogen and oxygen atoms in total. The van der Waals surface area contributed by atoms with E-state index in [9.17, 15) is 0 Å². The number of aliphatic imine (C=N–C) groups is 1. The SMILES string of the molecule is CN1CCN(c2nc(NCc3ccc4c(c3)OCO4)nc(NC3=NCC(C4CC4)=C3)n2)CC1. The minimum atomic E-state index is 0.268. The molecule has 1 aromatic carbocycles. The van der Waals surface area contributed by atoms with Crippen molar-refractivity contribution in [2.75, 3.05) is 62.1 Å². The number of nitrogens with one attached hydrogen (secondary N) is 2. The number of hydrogen-bond donors (Lipinski definition) is 2. The van der Waals surface area contributed by atoms with E-state index in [2.05, 4.69) is 43.5 Å². The standard InChI is InChI=1S/C23H28N8O2/c1-30-6-8-31(9-7-30)23-28-21(25-12-15-2-5-18-19(10-15)33-14-32-18)27-22(29-23)26-20-11-17(13-24-20)16-3-4-16/h2,5,10-11,16H,3-4,6-9,12-14H2,1H3,(H2,24,25,26,27,28,29). The van der Waals surface area contributed by atoms with E-state index in [4.69, 9.17) is 19.4 Å². The van der Waals surface area contributed by atoms with Crippen LogP contribution in [0.5, 0.6) is 11.5 Å². The Bertz CT molecular complexity index is 1110. The van der Waals surface area contributed by atoms with Gasteiger partial charge in [-0.25, -0.2) is 0 Å². The fourth-order valence-corrected chi connectivity index (χ4v) is 4.21. The number of benzene rings is 1. The van der Waals surface area contributed by atoms with Crippen LogP contribution >= 0.6 is 0 Å². The first-order valence-corrected chi connectivity index (χ1v) is 11.5. The first-order chi connectivity index (χ1) is 16.2. The number of piperazine rings is 1. The van der Waals surface area contributed by atoms with Crippen molar-refractivity contribution in [1.82, 2.24) is 19.9 Å². The maximum atomic E-state index is 5.49. The molecule has 33 heavy (non-hydrogen) atoms. The molecule has 4 aliphatic rings. The Morgan fingerprint density at radius 3 is 2.67 bits per heavy atom. The largest absolute Gasteiger partial charge is 0.454 e. The average molecular weight is 449 g/mol. The molecule has 2 aromatic rings. The molecule has 0 atom stereocenters. The number of rotatable bonds is 6. The summed E-state index contributed by atoms with van der Waals surface area (Å²) in [5, 5.41) is 6.66. The highest BCUT2D eigenvalue weighted by molar-refractivity contribution is 6.05. The monoisotopic (exact) mass is 448 g/mol. The van der Waals surface area contributed by atoms with Crippen molar-refractivity contribution in [3.05, 3.63) is 35.4 Å². The van der Waals surface area contributed by atoms with Crippen LogP contribution in [0.15, 0.2) is 34.8 Å². The van der Waals surface area contributed by atoms with E-state index in [-0.39, 0.29) is 6.79 Å². The van der Waals surface area contributed by atoms with Gasteiger partial charge in [-0.3, -0.25) is 4.99 Å². The lowest BCUT2D eigenvalue weighted by Crippen LogP contribution is -2.45. The van der Waals surface area contributed by atoms with E-state index < -0.39 is 0 Å². The molecule has 0 radical (unpaired) electrons. The van der Waals surface area contributed by atoms with Crippen molar-refractivity contribution in [3.8, 4) is 11.5 Å². The van der Waals surface area contributed by atoms with Gasteiger partial charge in [0.05, 0.1) is 6.54 Å². The molecular weight excluding hydrogens is 420 g/mol. The fraction of sp³-hybridized carbons (Fsp3) is 0.478. The second-order valence-corrected chi connectivity index (χ2v) is 8.93. The minimum Gasteiger partial charge on any atom is -0.454 e. The summed E-state index contributed by atoms with van der Waals surface area (Å²) < 4.78 is 10.9. The summed E-state index contributed by atoms with van der Waals surface area (Å²) in [7, 11) is 2.14. The highest BCUT2D eigenvalue weighted by Gasteiger charge is 2.28. The average Bonchev–Trinajstić information content (AvgIpc) is 3.39. The second-order valence-electron chi connectivity index (χ2n) is 8.93. The predicted molar refractivity (Wildman–Crippen MR) is 126 cm³/mol. The Morgan fingerprint density at radius 2 is 1.82 bits per heavy atom. The van der Waals surface area contributed by atoms with Crippen LogP contribution < -0.4 is 25.0 Å². The molecule has 0 bridgehead atoms. The molecule has 0 unspecified atom stereocenters. The summed E-state index contributed by atoms with van der Waals surface area (Å²) in [4.78, 5) is 23.2. The number of anilines is 3. The lowest BCUT2D eigenvalue weighted by Gasteiger charge is -2.32. The Morgan fingerprint density at radius 1 is 1.00 bits per heavy atom. The molecule has 6 rings (SSSR count). The molecule has 10 heteroatoms. The van der Waals surface area contributed by atoms with Gasteiger partial charge in [-0.1, -0.05) is 6.07 Å². The van der Waals surface area contributed by atoms with Gasteiger partial charge in [-0.15, -0.1) is 0 Å². The van der Waals surface area contributed by atoms with E-state index in [1.165, 1.54) is 18.4 Å². The quantitative estimate of drug-likeness (QED) is 0.688. The van der Waals surface area contributed by atoms with Crippen LogP contribution in [-0.4, -0.2) is 72.3 Å². The summed E-state index contributed by atoms with van der Waals surface area (Å²) in [6, 6.07) is 5.92. The topological polar surface area (TPSA) is 100 Å². The number of aromatic nitrogens is 3. The Labute approximate surface area is 192 Å². The first-order valence-electron chi connectivity index (χ1n) is 11.5. The molecule has 1 aliphatic carbocycles. The lowest BCUT2D eigenvalue weighted by molar-refractivity contribution is 0.174. The van der Waals surface area contributed by atoms with Gasteiger partial charge in [0.1, 0.15) is 5.84 Å². The Kier molecular flexibility index (Phi) is 5.21. The van der Waals surface area contributed by atoms with Crippen LogP contribution in [0.3, 0.4) is 0 Å². The van der Waals surface area contributed by atoms with Crippen LogP contribution in [0.2, 0.25) is 0 Å². The van der Waals surface area contributed by atoms with Crippen LogP contribution in [0.1, 0.15) is 18.4 Å². The van der Waals surface area contributed by atoms with E-state index in [0.29, 0.717) is 30.3 Å². The van der Waals surface area contributed by atoms with Gasteiger partial charge in [-0.2, -0.15) is 15.0 Å². The van der Waals surface area contributed by atoms with Gasteiger partial charge in [-0.05, 0) is 55.2 Å². The zero-order valence-corrected chi connectivity index (χ0v) is 18.8. The van der Waals surface area contributed by atoms with Crippen molar-refractivity contribution in [2.24, 2.45) is 10.9 Å². The van der Waals surface area contributed by atoms with Gasteiger partial charge in [0.25, 0.3) is 0 Å². The van der Waals surface area contributed by atoms with Crippen molar-refractivity contribution in [2.45, 2.75) is 19.4 Å². The van der Waals surface area contributed by atoms with Crippen molar-refractivity contribution in [1.29, 1.82) is 0 Å². The molecule has 1 saturated heterocycles. The Hall–Kier alpha value is -3.40. The molecule has 172 valence electrons. The van der Waals surface area contributed by atoms with Crippen molar-refractivity contribution >= 4 is 23.7 Å². The summed E-state index contributed by atoms with van der Waals surface area (Å²) in [6.07, 6.45) is 4.71. The number of fused-ring (bicyclic) bond motifs is 1. The fourth-order valence-electron chi connectivity index (χ4n) is 4.21. The van der Waals surface area contributed by atoms with Gasteiger partial charge in [0, 0.05) is 32.7 Å². The molecular formula is C23H28N8O2. The number of nitrogens with zero attached hydrogens (tertiary/aromatic N) is 6. The van der Waals surface area contributed by atoms with E-state index >= 15 is 0 Å². The number of hydrogen-bond acceptors (Lipinski definition) is 10. The second kappa shape index (κ2) is 8.51. The van der Waals surface area contributed by atoms with Crippen molar-refractivity contribution in [3.63, 3.8) is 0 Å². The molecule has 1 saturated carbocycles. The van der Waals surface area contributed by atoms with E-state index in [0.717, 1.165) is 55.6 Å². The van der Waals surface area contributed by atoms with Crippen molar-refractivity contribution < 1.29 is 9.47 Å². The molecule has 2 N–H and O–H groups in total. The molecule has 4 heterocycles. The highest BCUT2D eigenvalue weighted by atomic mass is 16.7. The van der Waals surface area contributed by atoms with E-state index in [1.807, 2.05) is 18.2 Å². The predicted octanol–water partition coefficient (Wildman–Crippen LogP) is 2.12. The third kappa shape index (κ3) is 4.56. The summed E-state index contributed by atoms with van der Waals surface area (Å²) >= 11 is 0. The zero-order chi connectivity index (χ0) is 22.2. The molecule has 0 amide bonds. The number of ether oxygens (including phenoxy) is 2. The summed E-state index contributed by atoms with van der Waals surface area (Å²) in [5.41, 5.74) is 2.47. The van der Waals surface area contributed by atoms with Gasteiger partial charge in [0.15, 0.2) is 11.5 Å². The maximum absolute atomic E-state index is 5.49. The first kappa shape index (κ1) is 20.2. The van der Waals surface area contributed by atoms with Crippen LogP contribution in [-0.2, 0) is 6.54 Å². The van der Waals surface area contributed by atoms with Crippen LogP contribution in [0.4, 0.5) is 17.8 Å². The normalized spacial score (nSPS) is 20.0. The smallest absolute Gasteiger partial charge is 0.234 e. The lowest BCUT2D eigenvalue weighted by atomic mass is 10.2. The Balaban J connectivity index is 1.21. The molecule has 0 spiro atoms. The summed E-state index contributed by atoms with van der Waals surface area (Å²) in [6.45, 7) is 5.34. The molecule has 1 aromatic heterocycles. The van der Waals surface area contributed by atoms with Crippen LogP contribution in [0, 0.1) is 5.92 Å². The third-order valence-corrected chi connectivity index (χ3v) is 6.39. The summed E-state index contributed by atoms with van der Waals surface area (Å²) in [5.74, 6) is 4.81. The molecule has 2 fully saturated rings. The van der Waals surface area contributed by atoms with Gasteiger partial charge < -0.3 is 29.9 Å².